The second-order valence-electron chi connectivity index (χ2n) is 1.18. The zero-order valence-corrected chi connectivity index (χ0v) is 5.25. The molecular weight excluding hydrogens is 180 g/mol. The van der Waals surface area contributed by atoms with Gasteiger partial charge in [-0.3, -0.25) is 4.10 Å². The zero-order valence-electron chi connectivity index (χ0n) is 4.44. The van der Waals surface area contributed by atoms with Crippen LogP contribution >= 0.6 is 0 Å². The summed E-state index contributed by atoms with van der Waals surface area (Å²) in [6, 6.07) is 0. The fourth-order valence-corrected chi connectivity index (χ4v) is 0.486. The molecule has 2 N–H and O–H groups in total. The molecule has 0 aromatic rings. The van der Waals surface area contributed by atoms with E-state index in [1.165, 1.54) is 0 Å². The average Bonchev–Trinajstić information content (AvgIpc) is 1.60. The van der Waals surface area contributed by atoms with Crippen LogP contribution in [-0.4, -0.2) is 50.4 Å². The van der Waals surface area contributed by atoms with Gasteiger partial charge in [0.2, 0.25) is 0 Å². The van der Waals surface area contributed by atoms with Gasteiger partial charge in [0.1, 0.15) is 0 Å². The first kappa shape index (κ1) is 13.9. The molecule has 0 aliphatic rings. The standard InChI is InChI=1S/CH3BF2O5S.Li.H/c3-1(4)10(7,8)9-2(5)6;;/h1,5-6H;;. The first-order valence-corrected chi connectivity index (χ1v) is 3.40. The van der Waals surface area contributed by atoms with Crippen molar-refractivity contribution >= 4 is 36.3 Å². The van der Waals surface area contributed by atoms with E-state index in [1.807, 2.05) is 0 Å². The molecule has 0 spiro atoms. The summed E-state index contributed by atoms with van der Waals surface area (Å²) in [6.07, 6.45) is 0. The van der Waals surface area contributed by atoms with Crippen molar-refractivity contribution in [3.8, 4) is 0 Å². The third-order valence-electron chi connectivity index (χ3n) is 0.438. The molecule has 0 aromatic heterocycles. The molecule has 0 radical (unpaired) electrons. The number of hydrogen-bond acceptors (Lipinski definition) is 5. The minimum atomic E-state index is -5.13. The Morgan fingerprint density at radius 1 is 1.36 bits per heavy atom. The normalized spacial score (nSPS) is 11.0. The van der Waals surface area contributed by atoms with Crippen LogP contribution < -0.4 is 0 Å². The van der Waals surface area contributed by atoms with E-state index in [0.717, 1.165) is 0 Å². The topological polar surface area (TPSA) is 83.8 Å². The van der Waals surface area contributed by atoms with Crippen molar-refractivity contribution in [2.24, 2.45) is 0 Å². The quantitative estimate of drug-likeness (QED) is 0.489. The van der Waals surface area contributed by atoms with E-state index in [-0.39, 0.29) is 18.9 Å². The Balaban J connectivity index is 0. The molecule has 0 heterocycles. The Morgan fingerprint density at radius 3 is 1.82 bits per heavy atom. The summed E-state index contributed by atoms with van der Waals surface area (Å²) in [5.41, 5.74) is 0. The van der Waals surface area contributed by atoms with Gasteiger partial charge in [-0.05, 0) is 0 Å². The summed E-state index contributed by atoms with van der Waals surface area (Å²) >= 11 is 0. The van der Waals surface area contributed by atoms with Crippen LogP contribution in [0.15, 0.2) is 0 Å². The minimum absolute atomic E-state index is 0. The van der Waals surface area contributed by atoms with Crippen LogP contribution in [0.25, 0.3) is 0 Å². The van der Waals surface area contributed by atoms with Gasteiger partial charge in [0.25, 0.3) is 0 Å². The third kappa shape index (κ3) is 5.60. The first-order chi connectivity index (χ1) is 4.36. The molecule has 10 heteroatoms. The zero-order chi connectivity index (χ0) is 8.36. The molecule has 0 bridgehead atoms. The van der Waals surface area contributed by atoms with Crippen molar-refractivity contribution in [3.63, 3.8) is 0 Å². The van der Waals surface area contributed by atoms with Gasteiger partial charge in [-0.25, -0.2) is 0 Å². The molecule has 0 saturated carbocycles. The number of rotatable bonds is 3. The summed E-state index contributed by atoms with van der Waals surface area (Å²) in [6.45, 7) is 0. The van der Waals surface area contributed by atoms with E-state index in [4.69, 9.17) is 10.0 Å². The van der Waals surface area contributed by atoms with Crippen molar-refractivity contribution in [2.75, 3.05) is 0 Å². The summed E-state index contributed by atoms with van der Waals surface area (Å²) in [5.74, 6) is -3.77. The fraction of sp³-hybridized carbons (Fsp3) is 1.00. The number of hydrogen-bond donors (Lipinski definition) is 2. The van der Waals surface area contributed by atoms with Gasteiger partial charge in [0.05, 0.1) is 0 Å². The van der Waals surface area contributed by atoms with E-state index < -0.39 is 23.2 Å². The van der Waals surface area contributed by atoms with Gasteiger partial charge in [0.15, 0.2) is 0 Å². The summed E-state index contributed by atoms with van der Waals surface area (Å²) < 4.78 is 45.2. The molecule has 0 aliphatic heterocycles. The van der Waals surface area contributed by atoms with Crippen LogP contribution in [0, 0.1) is 0 Å². The molecular formula is CH4BF2LiO5S. The van der Waals surface area contributed by atoms with Crippen molar-refractivity contribution < 1.29 is 31.3 Å². The number of halogens is 2. The molecule has 11 heavy (non-hydrogen) atoms. The Bertz CT molecular complexity index is 191. The maximum atomic E-state index is 11.2. The number of alkyl halides is 2. The van der Waals surface area contributed by atoms with Gasteiger partial charge < -0.3 is 10.0 Å². The Kier molecular flexibility index (Phi) is 6.42. The maximum absolute atomic E-state index is 11.2. The van der Waals surface area contributed by atoms with Crippen molar-refractivity contribution in [1.29, 1.82) is 0 Å². The van der Waals surface area contributed by atoms with Gasteiger partial charge in [-0.15, -0.1) is 0 Å². The molecule has 0 saturated heterocycles. The molecule has 62 valence electrons. The van der Waals surface area contributed by atoms with E-state index >= 15 is 0 Å². The van der Waals surface area contributed by atoms with Gasteiger partial charge >= 0.3 is 42.1 Å². The molecule has 0 fully saturated rings. The third-order valence-corrected chi connectivity index (χ3v) is 1.32. The Morgan fingerprint density at radius 2 is 1.73 bits per heavy atom. The monoisotopic (exact) mass is 184 g/mol. The van der Waals surface area contributed by atoms with Crippen molar-refractivity contribution in [2.45, 2.75) is 5.76 Å². The van der Waals surface area contributed by atoms with E-state index in [0.29, 0.717) is 0 Å². The predicted octanol–water partition coefficient (Wildman–Crippen LogP) is -2.12. The predicted molar refractivity (Wildman–Crippen MR) is 33.3 cm³/mol. The van der Waals surface area contributed by atoms with Crippen LogP contribution in [0.3, 0.4) is 0 Å². The second-order valence-corrected chi connectivity index (χ2v) is 2.71. The summed E-state index contributed by atoms with van der Waals surface area (Å²) in [5, 5.41) is 15.5. The molecule has 0 aliphatic carbocycles. The van der Waals surface area contributed by atoms with Crippen molar-refractivity contribution in [1.82, 2.24) is 0 Å². The summed E-state index contributed by atoms with van der Waals surface area (Å²) in [4.78, 5) is 0. The van der Waals surface area contributed by atoms with E-state index in [9.17, 15) is 17.2 Å². The first-order valence-electron chi connectivity index (χ1n) is 1.92. The second kappa shape index (κ2) is 5.08. The molecule has 0 amide bonds. The van der Waals surface area contributed by atoms with E-state index in [2.05, 4.69) is 4.10 Å². The van der Waals surface area contributed by atoms with Gasteiger partial charge in [-0.1, -0.05) is 0 Å². The van der Waals surface area contributed by atoms with Gasteiger partial charge in [-0.2, -0.15) is 17.2 Å². The average molecular weight is 184 g/mol. The molecule has 0 aromatic carbocycles. The molecule has 0 rings (SSSR count). The molecule has 5 nitrogen and oxygen atoms in total. The van der Waals surface area contributed by atoms with Gasteiger partial charge in [0, 0.05) is 0 Å². The van der Waals surface area contributed by atoms with Crippen LogP contribution in [0.5, 0.6) is 0 Å². The van der Waals surface area contributed by atoms with Crippen LogP contribution in [0.1, 0.15) is 0 Å². The Hall–Kier alpha value is 0.352. The SMILES string of the molecule is O=S(=O)(OB(O)O)C(F)F.[LiH]. The molecule has 0 atom stereocenters. The van der Waals surface area contributed by atoms with Crippen LogP contribution in [-0.2, 0) is 14.2 Å². The molecule has 0 unspecified atom stereocenters. The summed E-state index contributed by atoms with van der Waals surface area (Å²) in [7, 11) is -7.87. The van der Waals surface area contributed by atoms with E-state index in [1.54, 1.807) is 0 Å². The Labute approximate surface area is 73.8 Å². The van der Waals surface area contributed by atoms with Crippen LogP contribution in [0.2, 0.25) is 0 Å². The fourth-order valence-electron chi connectivity index (χ4n) is 0.162. The van der Waals surface area contributed by atoms with Crippen LogP contribution in [0.4, 0.5) is 8.78 Å². The van der Waals surface area contributed by atoms with Crippen molar-refractivity contribution in [3.05, 3.63) is 0 Å².